The molecule has 3 rings (SSSR count). The maximum atomic E-state index is 12.3. The zero-order valence-electron chi connectivity index (χ0n) is 16.2. The molecule has 0 spiro atoms. The van der Waals surface area contributed by atoms with Crippen LogP contribution in [0.2, 0.25) is 0 Å². The van der Waals surface area contributed by atoms with E-state index in [0.717, 1.165) is 35.2 Å². The summed E-state index contributed by atoms with van der Waals surface area (Å²) in [5, 5.41) is 5.20. The molecule has 0 bridgehead atoms. The summed E-state index contributed by atoms with van der Waals surface area (Å²) in [7, 11) is -3.24. The van der Waals surface area contributed by atoms with Gasteiger partial charge in [0.2, 0.25) is 5.91 Å². The molecule has 3 aromatic rings. The van der Waals surface area contributed by atoms with Crippen LogP contribution in [-0.2, 0) is 21.1 Å². The van der Waals surface area contributed by atoms with Crippen molar-refractivity contribution in [1.29, 1.82) is 0 Å². The number of anilines is 1. The minimum absolute atomic E-state index is 0.141. The number of sulfone groups is 1. The van der Waals surface area contributed by atoms with E-state index in [-0.39, 0.29) is 17.2 Å². The fourth-order valence-electron chi connectivity index (χ4n) is 2.61. The van der Waals surface area contributed by atoms with Gasteiger partial charge in [0.15, 0.2) is 15.0 Å². The van der Waals surface area contributed by atoms with Gasteiger partial charge in [-0.2, -0.15) is 0 Å². The molecule has 0 aliphatic carbocycles. The topological polar surface area (TPSA) is 85.4 Å². The molecule has 0 radical (unpaired) electrons. The van der Waals surface area contributed by atoms with Crippen molar-refractivity contribution in [1.82, 2.24) is 4.98 Å². The van der Waals surface area contributed by atoms with Gasteiger partial charge in [-0.05, 0) is 48.4 Å². The predicted molar refractivity (Wildman–Crippen MR) is 115 cm³/mol. The number of rotatable bonds is 8. The zero-order chi connectivity index (χ0) is 20.9. The van der Waals surface area contributed by atoms with Crippen molar-refractivity contribution in [3.63, 3.8) is 0 Å². The number of nitrogens with zero attached hydrogens (tertiary/aromatic N) is 1. The van der Waals surface area contributed by atoms with Gasteiger partial charge in [-0.3, -0.25) is 4.79 Å². The molecule has 0 fully saturated rings. The molecule has 0 saturated carbocycles. The number of benzene rings is 2. The summed E-state index contributed by atoms with van der Waals surface area (Å²) in [5.41, 5.74) is 2.46. The Bertz CT molecular complexity index is 1070. The Balaban J connectivity index is 1.60. The van der Waals surface area contributed by atoms with E-state index in [1.165, 1.54) is 23.5 Å². The third kappa shape index (κ3) is 5.88. The van der Waals surface area contributed by atoms with Crippen LogP contribution in [0.25, 0.3) is 11.3 Å². The second kappa shape index (κ2) is 9.19. The summed E-state index contributed by atoms with van der Waals surface area (Å²) in [4.78, 5) is 17.0. The van der Waals surface area contributed by atoms with E-state index in [0.29, 0.717) is 11.7 Å². The van der Waals surface area contributed by atoms with Gasteiger partial charge >= 0.3 is 0 Å². The Morgan fingerprint density at radius 1 is 1.10 bits per heavy atom. The Labute approximate surface area is 174 Å². The normalized spacial score (nSPS) is 11.2. The van der Waals surface area contributed by atoms with Crippen LogP contribution in [0.3, 0.4) is 0 Å². The van der Waals surface area contributed by atoms with Crippen LogP contribution in [0.4, 0.5) is 5.13 Å². The van der Waals surface area contributed by atoms with E-state index in [1.54, 1.807) is 12.1 Å². The smallest absolute Gasteiger partial charge is 0.230 e. The molecule has 1 N–H and O–H groups in total. The summed E-state index contributed by atoms with van der Waals surface area (Å²) < 4.78 is 28.6. The Morgan fingerprint density at radius 2 is 1.79 bits per heavy atom. The molecule has 1 amide bonds. The number of carbonyl (C=O) groups is 1. The molecule has 29 heavy (non-hydrogen) atoms. The van der Waals surface area contributed by atoms with E-state index in [2.05, 4.69) is 17.2 Å². The fraction of sp³-hybridized carbons (Fsp3) is 0.238. The standard InChI is InChI=1S/C21H22N2O4S2/c1-3-12-27-17-8-6-16(7-9-17)19-14-28-21(22-19)23-20(24)13-15-4-10-18(11-5-15)29(2,25)26/h4-11,14H,3,12-13H2,1-2H3,(H,22,23,24). The minimum atomic E-state index is -3.24. The number of nitrogens with one attached hydrogen (secondary N) is 1. The number of thiazole rings is 1. The molecule has 0 atom stereocenters. The number of ether oxygens (including phenoxy) is 1. The van der Waals surface area contributed by atoms with Crippen LogP contribution >= 0.6 is 11.3 Å². The van der Waals surface area contributed by atoms with E-state index in [9.17, 15) is 13.2 Å². The monoisotopic (exact) mass is 430 g/mol. The van der Waals surface area contributed by atoms with Crippen molar-refractivity contribution in [2.75, 3.05) is 18.2 Å². The maximum absolute atomic E-state index is 12.3. The average molecular weight is 431 g/mol. The quantitative estimate of drug-likeness (QED) is 0.579. The van der Waals surface area contributed by atoms with Crippen molar-refractivity contribution in [3.8, 4) is 17.0 Å². The first-order valence-corrected chi connectivity index (χ1v) is 11.9. The predicted octanol–water partition coefficient (Wildman–Crippen LogP) is 4.18. The molecule has 2 aromatic carbocycles. The second-order valence-corrected chi connectivity index (χ2v) is 9.43. The number of amides is 1. The summed E-state index contributed by atoms with van der Waals surface area (Å²) in [6, 6.07) is 14.0. The Kier molecular flexibility index (Phi) is 6.66. The molecular formula is C21H22N2O4S2. The second-order valence-electron chi connectivity index (χ2n) is 6.55. The van der Waals surface area contributed by atoms with Gasteiger partial charge in [-0.1, -0.05) is 19.1 Å². The maximum Gasteiger partial charge on any atom is 0.230 e. The lowest BCUT2D eigenvalue weighted by atomic mass is 10.1. The lowest BCUT2D eigenvalue weighted by Gasteiger charge is -2.05. The van der Waals surface area contributed by atoms with Crippen LogP contribution < -0.4 is 10.1 Å². The molecule has 152 valence electrons. The lowest BCUT2D eigenvalue weighted by Crippen LogP contribution is -2.14. The van der Waals surface area contributed by atoms with Gasteiger partial charge in [-0.15, -0.1) is 11.3 Å². The highest BCUT2D eigenvalue weighted by molar-refractivity contribution is 7.90. The number of hydrogen-bond acceptors (Lipinski definition) is 6. The minimum Gasteiger partial charge on any atom is -0.494 e. The molecule has 6 nitrogen and oxygen atoms in total. The van der Waals surface area contributed by atoms with Gasteiger partial charge in [0.1, 0.15) is 5.75 Å². The van der Waals surface area contributed by atoms with Gasteiger partial charge in [0.05, 0.1) is 23.6 Å². The fourth-order valence-corrected chi connectivity index (χ4v) is 3.98. The third-order valence-corrected chi connectivity index (χ3v) is 5.98. The Hall–Kier alpha value is -2.71. The number of aromatic nitrogens is 1. The van der Waals surface area contributed by atoms with Gasteiger partial charge < -0.3 is 10.1 Å². The van der Waals surface area contributed by atoms with Gasteiger partial charge in [0.25, 0.3) is 0 Å². The van der Waals surface area contributed by atoms with E-state index in [4.69, 9.17) is 4.74 Å². The summed E-state index contributed by atoms with van der Waals surface area (Å²) >= 11 is 1.35. The molecule has 1 aromatic heterocycles. The van der Waals surface area contributed by atoms with Crippen LogP contribution in [-0.4, -0.2) is 32.2 Å². The first-order valence-electron chi connectivity index (χ1n) is 9.13. The molecule has 0 saturated heterocycles. The van der Waals surface area contributed by atoms with Gasteiger partial charge in [-0.25, -0.2) is 13.4 Å². The van der Waals surface area contributed by atoms with E-state index in [1.807, 2.05) is 29.6 Å². The Morgan fingerprint density at radius 3 is 2.41 bits per heavy atom. The highest BCUT2D eigenvalue weighted by Crippen LogP contribution is 2.26. The van der Waals surface area contributed by atoms with Crippen LogP contribution in [0.1, 0.15) is 18.9 Å². The first kappa shape index (κ1) is 21.0. The molecule has 8 heteroatoms. The number of carbonyl (C=O) groups excluding carboxylic acids is 1. The van der Waals surface area contributed by atoms with Crippen LogP contribution in [0.5, 0.6) is 5.75 Å². The van der Waals surface area contributed by atoms with Crippen LogP contribution in [0.15, 0.2) is 58.8 Å². The summed E-state index contributed by atoms with van der Waals surface area (Å²) in [5.74, 6) is 0.613. The summed E-state index contributed by atoms with van der Waals surface area (Å²) in [6.07, 6.45) is 2.25. The van der Waals surface area contributed by atoms with Crippen LogP contribution in [0, 0.1) is 0 Å². The molecule has 0 aliphatic rings. The highest BCUT2D eigenvalue weighted by Gasteiger charge is 2.11. The van der Waals surface area contributed by atoms with E-state index < -0.39 is 9.84 Å². The lowest BCUT2D eigenvalue weighted by molar-refractivity contribution is -0.115. The molecule has 0 unspecified atom stereocenters. The summed E-state index contributed by atoms with van der Waals surface area (Å²) in [6.45, 7) is 2.74. The zero-order valence-corrected chi connectivity index (χ0v) is 17.8. The number of hydrogen-bond donors (Lipinski definition) is 1. The van der Waals surface area contributed by atoms with Crippen molar-refractivity contribution in [2.24, 2.45) is 0 Å². The van der Waals surface area contributed by atoms with Crippen molar-refractivity contribution in [3.05, 3.63) is 59.5 Å². The third-order valence-electron chi connectivity index (χ3n) is 4.09. The molecule has 1 heterocycles. The SMILES string of the molecule is CCCOc1ccc(-c2csc(NC(=O)Cc3ccc(S(C)(=O)=O)cc3)n2)cc1. The largest absolute Gasteiger partial charge is 0.494 e. The van der Waals surface area contributed by atoms with E-state index >= 15 is 0 Å². The van der Waals surface area contributed by atoms with Crippen molar-refractivity contribution >= 4 is 32.2 Å². The van der Waals surface area contributed by atoms with Crippen molar-refractivity contribution < 1.29 is 17.9 Å². The highest BCUT2D eigenvalue weighted by atomic mass is 32.2. The average Bonchev–Trinajstić information content (AvgIpc) is 3.14. The first-order chi connectivity index (χ1) is 13.8. The molecule has 0 aliphatic heterocycles. The van der Waals surface area contributed by atoms with Crippen molar-refractivity contribution in [2.45, 2.75) is 24.7 Å². The molecular weight excluding hydrogens is 408 g/mol. The van der Waals surface area contributed by atoms with Gasteiger partial charge in [0, 0.05) is 17.2 Å².